The average molecular weight is 182 g/mol. The molecule has 0 atom stereocenters. The molecule has 1 rings (SSSR count). The normalized spacial score (nSPS) is 12.6. The van der Waals surface area contributed by atoms with Gasteiger partial charge in [-0.05, 0) is 33.8 Å². The maximum atomic E-state index is 13.3. The Balaban J connectivity index is 3.19. The summed E-state index contributed by atoms with van der Waals surface area (Å²) in [6.45, 7) is 7.55. The fourth-order valence-corrected chi connectivity index (χ4v) is 1.22. The fraction of sp³-hybridized carbons (Fsp3) is 0.500. The Bertz CT molecular complexity index is 324. The number of halogens is 1. The zero-order valence-corrected chi connectivity index (χ0v) is 8.50. The van der Waals surface area contributed by atoms with Gasteiger partial charge in [0.1, 0.15) is 0 Å². The average Bonchev–Trinajstić information content (AvgIpc) is 2.46. The van der Waals surface area contributed by atoms with E-state index in [0.29, 0.717) is 5.82 Å². The lowest BCUT2D eigenvalue weighted by Crippen LogP contribution is -2.03. The minimum Gasteiger partial charge on any atom is -0.326 e. The number of rotatable bonds is 2. The molecule has 0 fully saturated rings. The molecule has 0 unspecified atom stereocenters. The van der Waals surface area contributed by atoms with Crippen LogP contribution in [0.4, 0.5) is 4.39 Å². The quantitative estimate of drug-likeness (QED) is 0.687. The molecule has 0 aliphatic carbocycles. The number of nitrogens with zero attached hydrogens (tertiary/aromatic N) is 2. The van der Waals surface area contributed by atoms with E-state index in [0.717, 1.165) is 5.69 Å². The van der Waals surface area contributed by atoms with Gasteiger partial charge in [0.05, 0.1) is 5.69 Å². The standard InChI is InChI=1S/C10H15FN2/c1-5-9(11)10-12-8(4)6-13(10)7(2)3/h5-7H,1-4H3/b9-5+. The Labute approximate surface area is 78.1 Å². The summed E-state index contributed by atoms with van der Waals surface area (Å²) in [6.07, 6.45) is 3.30. The van der Waals surface area contributed by atoms with Crippen LogP contribution in [-0.2, 0) is 0 Å². The second-order valence-electron chi connectivity index (χ2n) is 3.34. The van der Waals surface area contributed by atoms with E-state index in [1.807, 2.05) is 31.5 Å². The van der Waals surface area contributed by atoms with Crippen molar-refractivity contribution in [1.29, 1.82) is 0 Å². The summed E-state index contributed by atoms with van der Waals surface area (Å²) in [5, 5.41) is 0. The van der Waals surface area contributed by atoms with Crippen LogP contribution in [0.25, 0.3) is 5.83 Å². The Morgan fingerprint density at radius 3 is 2.69 bits per heavy atom. The molecule has 0 aliphatic rings. The molecule has 72 valence electrons. The molecule has 13 heavy (non-hydrogen) atoms. The predicted molar refractivity (Wildman–Crippen MR) is 52.1 cm³/mol. The van der Waals surface area contributed by atoms with Crippen LogP contribution in [0.5, 0.6) is 0 Å². The highest BCUT2D eigenvalue weighted by molar-refractivity contribution is 5.52. The maximum absolute atomic E-state index is 13.3. The van der Waals surface area contributed by atoms with Crippen molar-refractivity contribution in [3.8, 4) is 0 Å². The summed E-state index contributed by atoms with van der Waals surface area (Å²) in [5.41, 5.74) is 0.848. The molecule has 0 amide bonds. The van der Waals surface area contributed by atoms with Crippen molar-refractivity contribution < 1.29 is 4.39 Å². The largest absolute Gasteiger partial charge is 0.326 e. The lowest BCUT2D eigenvalue weighted by Gasteiger charge is -2.09. The molecule has 0 aromatic carbocycles. The van der Waals surface area contributed by atoms with Crippen molar-refractivity contribution in [2.75, 3.05) is 0 Å². The van der Waals surface area contributed by atoms with Crippen LogP contribution in [0.2, 0.25) is 0 Å². The summed E-state index contributed by atoms with van der Waals surface area (Å²) in [4.78, 5) is 4.12. The molecule has 0 saturated carbocycles. The monoisotopic (exact) mass is 182 g/mol. The Morgan fingerprint density at radius 1 is 1.62 bits per heavy atom. The summed E-state index contributed by atoms with van der Waals surface area (Å²) in [5.74, 6) is 0.164. The second kappa shape index (κ2) is 3.73. The maximum Gasteiger partial charge on any atom is 0.169 e. The van der Waals surface area contributed by atoms with Crippen LogP contribution in [0.15, 0.2) is 12.3 Å². The molecule has 1 aromatic heterocycles. The first-order chi connectivity index (χ1) is 6.06. The van der Waals surface area contributed by atoms with E-state index in [-0.39, 0.29) is 11.9 Å². The molecule has 0 N–H and O–H groups in total. The van der Waals surface area contributed by atoms with Gasteiger partial charge in [-0.3, -0.25) is 0 Å². The van der Waals surface area contributed by atoms with Crippen LogP contribution in [0, 0.1) is 6.92 Å². The van der Waals surface area contributed by atoms with Crippen LogP contribution in [-0.4, -0.2) is 9.55 Å². The van der Waals surface area contributed by atoms with Gasteiger partial charge in [-0.25, -0.2) is 9.37 Å². The SMILES string of the molecule is C/C=C(/F)c1nc(C)cn1C(C)C. The van der Waals surface area contributed by atoms with E-state index in [1.165, 1.54) is 6.08 Å². The minimum absolute atomic E-state index is 0.238. The molecule has 1 aromatic rings. The molecule has 0 aliphatic heterocycles. The van der Waals surface area contributed by atoms with Crippen molar-refractivity contribution in [2.24, 2.45) is 0 Å². The highest BCUT2D eigenvalue weighted by atomic mass is 19.1. The van der Waals surface area contributed by atoms with E-state index in [2.05, 4.69) is 4.98 Å². The van der Waals surface area contributed by atoms with E-state index >= 15 is 0 Å². The molecule has 3 heteroatoms. The predicted octanol–water partition coefficient (Wildman–Crippen LogP) is 3.10. The van der Waals surface area contributed by atoms with Crippen molar-refractivity contribution in [1.82, 2.24) is 9.55 Å². The molecule has 0 saturated heterocycles. The van der Waals surface area contributed by atoms with Crippen LogP contribution in [0.3, 0.4) is 0 Å². The summed E-state index contributed by atoms with van der Waals surface area (Å²) < 4.78 is 15.1. The Kier molecular flexibility index (Phi) is 2.86. The van der Waals surface area contributed by atoms with Gasteiger partial charge in [0.15, 0.2) is 11.7 Å². The van der Waals surface area contributed by atoms with Crippen molar-refractivity contribution >= 4 is 5.83 Å². The van der Waals surface area contributed by atoms with E-state index in [1.54, 1.807) is 6.92 Å². The van der Waals surface area contributed by atoms with Gasteiger partial charge in [-0.2, -0.15) is 0 Å². The molecule has 0 spiro atoms. The molecular formula is C10H15FN2. The van der Waals surface area contributed by atoms with Crippen molar-refractivity contribution in [3.05, 3.63) is 23.8 Å². The smallest absolute Gasteiger partial charge is 0.169 e. The zero-order chi connectivity index (χ0) is 10.0. The van der Waals surface area contributed by atoms with Crippen molar-refractivity contribution in [3.63, 3.8) is 0 Å². The summed E-state index contributed by atoms with van der Waals surface area (Å²) >= 11 is 0. The van der Waals surface area contributed by atoms with Crippen LogP contribution >= 0.6 is 0 Å². The molecule has 1 heterocycles. The van der Waals surface area contributed by atoms with Gasteiger partial charge < -0.3 is 4.57 Å². The number of allylic oxidation sites excluding steroid dienone is 1. The molecule has 0 radical (unpaired) electrons. The lowest BCUT2D eigenvalue weighted by molar-refractivity contribution is 0.578. The van der Waals surface area contributed by atoms with E-state index < -0.39 is 0 Å². The minimum atomic E-state index is -0.262. The first kappa shape index (κ1) is 9.96. The first-order valence-corrected chi connectivity index (χ1v) is 4.44. The van der Waals surface area contributed by atoms with E-state index in [9.17, 15) is 4.39 Å². The number of aromatic nitrogens is 2. The number of imidazole rings is 1. The third kappa shape index (κ3) is 1.97. The Morgan fingerprint density at radius 2 is 2.23 bits per heavy atom. The van der Waals surface area contributed by atoms with Gasteiger partial charge in [-0.1, -0.05) is 0 Å². The van der Waals surface area contributed by atoms with Crippen LogP contribution < -0.4 is 0 Å². The number of hydrogen-bond donors (Lipinski definition) is 0. The fourth-order valence-electron chi connectivity index (χ4n) is 1.22. The zero-order valence-electron chi connectivity index (χ0n) is 8.50. The molecular weight excluding hydrogens is 167 g/mol. The van der Waals surface area contributed by atoms with Gasteiger partial charge in [0, 0.05) is 12.2 Å². The Hall–Kier alpha value is -1.12. The summed E-state index contributed by atoms with van der Waals surface area (Å²) in [7, 11) is 0. The van der Waals surface area contributed by atoms with Gasteiger partial charge in [-0.15, -0.1) is 0 Å². The molecule has 0 bridgehead atoms. The third-order valence-electron chi connectivity index (χ3n) is 1.88. The number of aryl methyl sites for hydroxylation is 1. The third-order valence-corrected chi connectivity index (χ3v) is 1.88. The van der Waals surface area contributed by atoms with Crippen LogP contribution in [0.1, 0.15) is 38.3 Å². The second-order valence-corrected chi connectivity index (χ2v) is 3.34. The van der Waals surface area contributed by atoms with Crippen molar-refractivity contribution in [2.45, 2.75) is 33.7 Å². The van der Waals surface area contributed by atoms with Gasteiger partial charge in [0.25, 0.3) is 0 Å². The molecule has 2 nitrogen and oxygen atoms in total. The van der Waals surface area contributed by atoms with E-state index in [4.69, 9.17) is 0 Å². The topological polar surface area (TPSA) is 17.8 Å². The van der Waals surface area contributed by atoms with Gasteiger partial charge >= 0.3 is 0 Å². The highest BCUT2D eigenvalue weighted by Crippen LogP contribution is 2.19. The van der Waals surface area contributed by atoms with Gasteiger partial charge in [0.2, 0.25) is 0 Å². The highest BCUT2D eigenvalue weighted by Gasteiger charge is 2.11. The summed E-state index contributed by atoms with van der Waals surface area (Å²) in [6, 6.07) is 0.238. The number of hydrogen-bond acceptors (Lipinski definition) is 1. The first-order valence-electron chi connectivity index (χ1n) is 4.44. The lowest BCUT2D eigenvalue weighted by atomic mass is 10.3.